The smallest absolute Gasteiger partial charge is 0.0363 e. The fourth-order valence-corrected chi connectivity index (χ4v) is 2.66. The van der Waals surface area contributed by atoms with Crippen LogP contribution < -0.4 is 15.5 Å². The summed E-state index contributed by atoms with van der Waals surface area (Å²) in [5.41, 5.74) is 1.31. The summed E-state index contributed by atoms with van der Waals surface area (Å²) in [5.74, 6) is 0. The second kappa shape index (κ2) is 8.18. The second-order valence-electron chi connectivity index (χ2n) is 5.44. The van der Waals surface area contributed by atoms with Gasteiger partial charge in [-0.3, -0.25) is 0 Å². The molecule has 0 amide bonds. The molecule has 1 saturated heterocycles. The first-order valence-electron chi connectivity index (χ1n) is 7.56. The van der Waals surface area contributed by atoms with Crippen molar-refractivity contribution in [2.24, 2.45) is 0 Å². The van der Waals surface area contributed by atoms with Gasteiger partial charge >= 0.3 is 0 Å². The zero-order valence-corrected chi connectivity index (χ0v) is 12.1. The average Bonchev–Trinajstić information content (AvgIpc) is 2.73. The molecular formula is C16H27N3. The summed E-state index contributed by atoms with van der Waals surface area (Å²) in [6, 6.07) is 11.3. The lowest BCUT2D eigenvalue weighted by Gasteiger charge is -2.21. The number of nitrogens with one attached hydrogen (secondary N) is 2. The van der Waals surface area contributed by atoms with Gasteiger partial charge in [-0.15, -0.1) is 0 Å². The van der Waals surface area contributed by atoms with E-state index in [-0.39, 0.29) is 0 Å². The number of benzene rings is 1. The van der Waals surface area contributed by atoms with Crippen molar-refractivity contribution in [3.63, 3.8) is 0 Å². The molecule has 1 heterocycles. The number of anilines is 1. The molecule has 1 aliphatic rings. The summed E-state index contributed by atoms with van der Waals surface area (Å²) >= 11 is 0. The van der Waals surface area contributed by atoms with Crippen LogP contribution in [0.3, 0.4) is 0 Å². The van der Waals surface area contributed by atoms with Crippen molar-refractivity contribution >= 4 is 5.69 Å². The lowest BCUT2D eigenvalue weighted by molar-refractivity contribution is 0.465. The molecule has 0 aromatic heterocycles. The van der Waals surface area contributed by atoms with Gasteiger partial charge in [-0.25, -0.2) is 0 Å². The van der Waals surface area contributed by atoms with E-state index in [1.807, 2.05) is 0 Å². The Morgan fingerprint density at radius 3 is 2.89 bits per heavy atom. The van der Waals surface area contributed by atoms with Crippen LogP contribution in [0.5, 0.6) is 0 Å². The predicted molar refractivity (Wildman–Crippen MR) is 82.8 cm³/mol. The molecule has 3 heteroatoms. The summed E-state index contributed by atoms with van der Waals surface area (Å²) in [6.07, 6.45) is 5.10. The molecule has 0 saturated carbocycles. The molecule has 1 fully saturated rings. The zero-order valence-electron chi connectivity index (χ0n) is 12.1. The average molecular weight is 261 g/mol. The first-order chi connectivity index (χ1) is 9.36. The monoisotopic (exact) mass is 261 g/mol. The van der Waals surface area contributed by atoms with Gasteiger partial charge in [-0.2, -0.15) is 0 Å². The van der Waals surface area contributed by atoms with Gasteiger partial charge in [0.05, 0.1) is 0 Å². The van der Waals surface area contributed by atoms with Gasteiger partial charge in [0, 0.05) is 25.3 Å². The highest BCUT2D eigenvalue weighted by Crippen LogP contribution is 2.11. The molecule has 0 aliphatic carbocycles. The zero-order chi connectivity index (χ0) is 13.3. The molecule has 1 aromatic rings. The van der Waals surface area contributed by atoms with Crippen LogP contribution in [-0.2, 0) is 0 Å². The second-order valence-corrected chi connectivity index (χ2v) is 5.44. The Morgan fingerprint density at radius 2 is 2.05 bits per heavy atom. The Labute approximate surface area is 117 Å². The molecule has 3 nitrogen and oxygen atoms in total. The lowest BCUT2D eigenvalue weighted by Crippen LogP contribution is -2.32. The van der Waals surface area contributed by atoms with E-state index < -0.39 is 0 Å². The third kappa shape index (κ3) is 5.21. The highest BCUT2D eigenvalue weighted by Gasteiger charge is 2.10. The van der Waals surface area contributed by atoms with Gasteiger partial charge in [-0.1, -0.05) is 18.2 Å². The fraction of sp³-hybridized carbons (Fsp3) is 0.625. The van der Waals surface area contributed by atoms with Crippen LogP contribution in [0.15, 0.2) is 30.3 Å². The van der Waals surface area contributed by atoms with E-state index in [1.54, 1.807) is 0 Å². The lowest BCUT2D eigenvalue weighted by atomic mass is 10.1. The molecular weight excluding hydrogens is 234 g/mol. The van der Waals surface area contributed by atoms with Gasteiger partial charge < -0.3 is 15.5 Å². The SMILES string of the molecule is CN(CCCNC1CCCNCC1)c1ccccc1. The maximum atomic E-state index is 3.70. The number of hydrogen-bond acceptors (Lipinski definition) is 3. The highest BCUT2D eigenvalue weighted by atomic mass is 15.1. The van der Waals surface area contributed by atoms with E-state index in [0.29, 0.717) is 0 Å². The summed E-state index contributed by atoms with van der Waals surface area (Å²) in [7, 11) is 2.17. The van der Waals surface area contributed by atoms with Crippen LogP contribution in [0.25, 0.3) is 0 Å². The van der Waals surface area contributed by atoms with E-state index in [1.165, 1.54) is 44.5 Å². The minimum absolute atomic E-state index is 0.719. The molecule has 1 aromatic carbocycles. The van der Waals surface area contributed by atoms with Crippen molar-refractivity contribution in [2.75, 3.05) is 38.1 Å². The van der Waals surface area contributed by atoms with Crippen LogP contribution in [0.4, 0.5) is 5.69 Å². The first kappa shape index (κ1) is 14.4. The Bertz CT molecular complexity index is 331. The molecule has 0 bridgehead atoms. The normalized spacial score (nSPS) is 19.9. The van der Waals surface area contributed by atoms with E-state index in [4.69, 9.17) is 0 Å². The van der Waals surface area contributed by atoms with Gasteiger partial charge in [-0.05, 0) is 57.5 Å². The minimum Gasteiger partial charge on any atom is -0.375 e. The Kier molecular flexibility index (Phi) is 6.18. The Balaban J connectivity index is 1.61. The van der Waals surface area contributed by atoms with E-state index in [2.05, 4.69) is 52.9 Å². The number of rotatable bonds is 6. The maximum absolute atomic E-state index is 3.70. The van der Waals surface area contributed by atoms with Crippen molar-refractivity contribution in [1.82, 2.24) is 10.6 Å². The van der Waals surface area contributed by atoms with E-state index in [9.17, 15) is 0 Å². The third-order valence-corrected chi connectivity index (χ3v) is 3.88. The summed E-state index contributed by atoms with van der Waals surface area (Å²) in [4.78, 5) is 2.33. The summed E-state index contributed by atoms with van der Waals surface area (Å²) in [5, 5.41) is 7.16. The maximum Gasteiger partial charge on any atom is 0.0363 e. The summed E-state index contributed by atoms with van der Waals surface area (Å²) in [6.45, 7) is 4.60. The molecule has 2 N–H and O–H groups in total. The molecule has 106 valence electrons. The third-order valence-electron chi connectivity index (χ3n) is 3.88. The van der Waals surface area contributed by atoms with Gasteiger partial charge in [0.1, 0.15) is 0 Å². The van der Waals surface area contributed by atoms with E-state index in [0.717, 1.165) is 19.1 Å². The highest BCUT2D eigenvalue weighted by molar-refractivity contribution is 5.44. The number of para-hydroxylation sites is 1. The summed E-state index contributed by atoms with van der Waals surface area (Å²) < 4.78 is 0. The first-order valence-corrected chi connectivity index (χ1v) is 7.56. The van der Waals surface area contributed by atoms with Crippen LogP contribution in [0.1, 0.15) is 25.7 Å². The van der Waals surface area contributed by atoms with Crippen molar-refractivity contribution in [3.8, 4) is 0 Å². The van der Waals surface area contributed by atoms with Crippen molar-refractivity contribution < 1.29 is 0 Å². The number of nitrogens with zero attached hydrogens (tertiary/aromatic N) is 1. The molecule has 1 unspecified atom stereocenters. The fourth-order valence-electron chi connectivity index (χ4n) is 2.66. The van der Waals surface area contributed by atoms with Crippen LogP contribution in [0.2, 0.25) is 0 Å². The molecule has 1 atom stereocenters. The van der Waals surface area contributed by atoms with Gasteiger partial charge in [0.25, 0.3) is 0 Å². The molecule has 0 spiro atoms. The van der Waals surface area contributed by atoms with Crippen molar-refractivity contribution in [1.29, 1.82) is 0 Å². The Morgan fingerprint density at radius 1 is 1.21 bits per heavy atom. The largest absolute Gasteiger partial charge is 0.375 e. The standard InChI is InChI=1S/C16H27N3/c1-19(16-8-3-2-4-9-16)14-6-12-18-15-7-5-11-17-13-10-15/h2-4,8-9,15,17-18H,5-7,10-14H2,1H3. The van der Waals surface area contributed by atoms with Gasteiger partial charge in [0.15, 0.2) is 0 Å². The molecule has 1 aliphatic heterocycles. The molecule has 2 rings (SSSR count). The molecule has 0 radical (unpaired) electrons. The van der Waals surface area contributed by atoms with Crippen molar-refractivity contribution in [2.45, 2.75) is 31.7 Å². The number of hydrogen-bond donors (Lipinski definition) is 2. The van der Waals surface area contributed by atoms with Crippen LogP contribution >= 0.6 is 0 Å². The van der Waals surface area contributed by atoms with Crippen molar-refractivity contribution in [3.05, 3.63) is 30.3 Å². The quantitative estimate of drug-likeness (QED) is 0.769. The van der Waals surface area contributed by atoms with Crippen LogP contribution in [-0.4, -0.2) is 39.3 Å². The van der Waals surface area contributed by atoms with Crippen LogP contribution in [0, 0.1) is 0 Å². The minimum atomic E-state index is 0.719. The van der Waals surface area contributed by atoms with Gasteiger partial charge in [0.2, 0.25) is 0 Å². The topological polar surface area (TPSA) is 27.3 Å². The predicted octanol–water partition coefficient (Wildman–Crippen LogP) is 2.24. The van der Waals surface area contributed by atoms with E-state index >= 15 is 0 Å². The molecule has 19 heavy (non-hydrogen) atoms. The Hall–Kier alpha value is -1.06.